The van der Waals surface area contributed by atoms with E-state index in [1.165, 1.54) is 16.8 Å². The summed E-state index contributed by atoms with van der Waals surface area (Å²) in [6.07, 6.45) is 0. The van der Waals surface area contributed by atoms with Gasteiger partial charge in [0.1, 0.15) is 11.8 Å². The van der Waals surface area contributed by atoms with Gasteiger partial charge in [-0.15, -0.1) is 5.10 Å². The van der Waals surface area contributed by atoms with Crippen LogP contribution < -0.4 is 15.2 Å². The molecule has 9 nitrogen and oxygen atoms in total. The van der Waals surface area contributed by atoms with E-state index in [2.05, 4.69) is 62.4 Å². The molecule has 0 spiro atoms. The summed E-state index contributed by atoms with van der Waals surface area (Å²) in [5.41, 5.74) is 7.33. The van der Waals surface area contributed by atoms with Crippen molar-refractivity contribution in [2.24, 2.45) is 0 Å². The number of H-pyrrole nitrogens is 1. The molecule has 41 heavy (non-hydrogen) atoms. The second-order valence-corrected chi connectivity index (χ2v) is 10.8. The Kier molecular flexibility index (Phi) is 7.28. The number of fused-ring (bicyclic) bond motifs is 1. The van der Waals surface area contributed by atoms with E-state index in [4.69, 9.17) is 4.74 Å². The zero-order chi connectivity index (χ0) is 28.5. The number of rotatable bonds is 7. The summed E-state index contributed by atoms with van der Waals surface area (Å²) >= 11 is 0. The smallest absolute Gasteiger partial charge is 0.253 e. The quantitative estimate of drug-likeness (QED) is 0.322. The van der Waals surface area contributed by atoms with Gasteiger partial charge in [0.2, 0.25) is 0 Å². The number of tetrazole rings is 1. The van der Waals surface area contributed by atoms with Gasteiger partial charge in [-0.3, -0.25) is 9.69 Å². The average molecular weight is 550 g/mol. The third-order valence-corrected chi connectivity index (χ3v) is 8.30. The molecule has 0 amide bonds. The lowest BCUT2D eigenvalue weighted by molar-refractivity contribution is 0.200. The summed E-state index contributed by atoms with van der Waals surface area (Å²) in [4.78, 5) is 21.6. The van der Waals surface area contributed by atoms with Crippen LogP contribution >= 0.6 is 0 Å². The Morgan fingerprint density at radius 1 is 0.927 bits per heavy atom. The molecule has 6 rings (SSSR count). The van der Waals surface area contributed by atoms with Gasteiger partial charge in [-0.25, -0.2) is 4.68 Å². The molecule has 5 aromatic rings. The van der Waals surface area contributed by atoms with Gasteiger partial charge in [-0.1, -0.05) is 42.5 Å². The number of ether oxygens (including phenoxy) is 1. The van der Waals surface area contributed by atoms with Gasteiger partial charge in [0.25, 0.3) is 5.56 Å². The van der Waals surface area contributed by atoms with Crippen molar-refractivity contribution in [1.82, 2.24) is 30.1 Å². The molecule has 1 atom stereocenters. The monoisotopic (exact) mass is 549 g/mol. The summed E-state index contributed by atoms with van der Waals surface area (Å²) in [5, 5.41) is 13.9. The second kappa shape index (κ2) is 11.2. The summed E-state index contributed by atoms with van der Waals surface area (Å²) in [7, 11) is 1.65. The predicted molar refractivity (Wildman–Crippen MR) is 161 cm³/mol. The topological polar surface area (TPSA) is 92.2 Å². The highest BCUT2D eigenvalue weighted by Crippen LogP contribution is 2.31. The molecule has 1 aliphatic rings. The Bertz CT molecular complexity index is 1730. The third-order valence-electron chi connectivity index (χ3n) is 8.30. The minimum atomic E-state index is -0.405. The third kappa shape index (κ3) is 5.20. The van der Waals surface area contributed by atoms with Crippen LogP contribution in [0.5, 0.6) is 5.75 Å². The van der Waals surface area contributed by atoms with Crippen LogP contribution in [0.2, 0.25) is 0 Å². The van der Waals surface area contributed by atoms with Gasteiger partial charge in [0.05, 0.1) is 19.2 Å². The van der Waals surface area contributed by atoms with Crippen LogP contribution in [-0.2, 0) is 6.54 Å². The predicted octanol–water partition coefficient (Wildman–Crippen LogP) is 4.41. The average Bonchev–Trinajstić information content (AvgIpc) is 3.44. The largest absolute Gasteiger partial charge is 0.497 e. The number of aromatic nitrogens is 5. The summed E-state index contributed by atoms with van der Waals surface area (Å²) in [5.74, 6) is 1.45. The number of pyridine rings is 1. The molecule has 0 aliphatic carbocycles. The van der Waals surface area contributed by atoms with E-state index in [0.29, 0.717) is 17.9 Å². The van der Waals surface area contributed by atoms with E-state index in [0.717, 1.165) is 54.0 Å². The lowest BCUT2D eigenvalue weighted by atomic mass is 10.0. The van der Waals surface area contributed by atoms with E-state index in [1.54, 1.807) is 7.11 Å². The minimum absolute atomic E-state index is 0.118. The number of aryl methyl sites for hydroxylation is 2. The van der Waals surface area contributed by atoms with Gasteiger partial charge in [0.15, 0.2) is 5.82 Å². The molecule has 0 unspecified atom stereocenters. The zero-order valence-electron chi connectivity index (χ0n) is 24.0. The number of nitrogens with one attached hydrogen (secondary N) is 1. The van der Waals surface area contributed by atoms with Crippen LogP contribution in [0, 0.1) is 20.8 Å². The first-order valence-electron chi connectivity index (χ1n) is 14.0. The maximum Gasteiger partial charge on any atom is 0.253 e. The molecule has 0 bridgehead atoms. The van der Waals surface area contributed by atoms with Crippen LogP contribution in [0.1, 0.15) is 39.7 Å². The molecule has 1 N–H and O–H groups in total. The number of anilines is 1. The standard InChI is InChI=1S/C32H35N7O2/c1-21-7-6-10-28(23(21)3)37-15-17-38(18-16-37)30(27-19-25-9-5-8-22(2)29(25)33-32(27)40)31-34-35-36-39(31)20-24-11-13-26(41-4)14-12-24/h5-14,19,30H,15-18,20H2,1-4H3,(H,33,40)/t30-/m1/s1. The van der Waals surface area contributed by atoms with Crippen molar-refractivity contribution in [3.05, 3.63) is 111 Å². The first-order chi connectivity index (χ1) is 19.9. The highest BCUT2D eigenvalue weighted by molar-refractivity contribution is 5.82. The minimum Gasteiger partial charge on any atom is -0.497 e. The van der Waals surface area contributed by atoms with E-state index in [9.17, 15) is 4.79 Å². The highest BCUT2D eigenvalue weighted by atomic mass is 16.5. The second-order valence-electron chi connectivity index (χ2n) is 10.8. The van der Waals surface area contributed by atoms with E-state index < -0.39 is 6.04 Å². The molecule has 1 fully saturated rings. The van der Waals surface area contributed by atoms with Crippen LogP contribution in [0.4, 0.5) is 5.69 Å². The fourth-order valence-corrected chi connectivity index (χ4v) is 5.83. The SMILES string of the molecule is COc1ccc(Cn2nnnc2[C@@H](c2cc3cccc(C)c3[nH]c2=O)N2CCN(c3cccc(C)c3C)CC2)cc1. The van der Waals surface area contributed by atoms with Gasteiger partial charge in [-0.2, -0.15) is 0 Å². The van der Waals surface area contributed by atoms with Crippen LogP contribution in [-0.4, -0.2) is 63.4 Å². The number of methoxy groups -OCH3 is 1. The van der Waals surface area contributed by atoms with Crippen molar-refractivity contribution in [2.75, 3.05) is 38.2 Å². The molecule has 3 heterocycles. The maximum absolute atomic E-state index is 13.7. The molecule has 2 aromatic heterocycles. The molecule has 0 saturated carbocycles. The van der Waals surface area contributed by atoms with Crippen molar-refractivity contribution in [1.29, 1.82) is 0 Å². The number of piperazine rings is 1. The molecule has 3 aromatic carbocycles. The van der Waals surface area contributed by atoms with Crippen molar-refractivity contribution >= 4 is 16.6 Å². The first kappa shape index (κ1) is 26.7. The van der Waals surface area contributed by atoms with Crippen LogP contribution in [0.3, 0.4) is 0 Å². The molecular weight excluding hydrogens is 514 g/mol. The summed E-state index contributed by atoms with van der Waals surface area (Å²) in [6, 6.07) is 22.0. The van der Waals surface area contributed by atoms with Gasteiger partial charge < -0.3 is 14.6 Å². The van der Waals surface area contributed by atoms with Gasteiger partial charge in [0, 0.05) is 37.4 Å². The van der Waals surface area contributed by atoms with Crippen molar-refractivity contribution in [3.8, 4) is 5.75 Å². The molecule has 1 saturated heterocycles. The Hall–Kier alpha value is -4.50. The van der Waals surface area contributed by atoms with Gasteiger partial charge in [-0.05, 0) is 83.1 Å². The van der Waals surface area contributed by atoms with E-state index in [1.807, 2.05) is 60.1 Å². The number of aromatic amines is 1. The number of benzene rings is 3. The summed E-state index contributed by atoms with van der Waals surface area (Å²) < 4.78 is 7.13. The number of nitrogens with zero attached hydrogens (tertiary/aromatic N) is 6. The number of hydrogen-bond donors (Lipinski definition) is 1. The molecule has 0 radical (unpaired) electrons. The fourth-order valence-electron chi connectivity index (χ4n) is 5.83. The number of para-hydroxylation sites is 1. The maximum atomic E-state index is 13.7. The lowest BCUT2D eigenvalue weighted by Gasteiger charge is -2.40. The van der Waals surface area contributed by atoms with Crippen molar-refractivity contribution in [3.63, 3.8) is 0 Å². The Morgan fingerprint density at radius 2 is 1.66 bits per heavy atom. The molecule has 9 heteroatoms. The van der Waals surface area contributed by atoms with Crippen molar-refractivity contribution < 1.29 is 4.74 Å². The van der Waals surface area contributed by atoms with Crippen LogP contribution in [0.15, 0.2) is 71.5 Å². The lowest BCUT2D eigenvalue weighted by Crippen LogP contribution is -2.49. The van der Waals surface area contributed by atoms with E-state index >= 15 is 0 Å². The normalized spacial score (nSPS) is 14.9. The van der Waals surface area contributed by atoms with Crippen molar-refractivity contribution in [2.45, 2.75) is 33.4 Å². The first-order valence-corrected chi connectivity index (χ1v) is 14.0. The molecule has 210 valence electrons. The zero-order valence-corrected chi connectivity index (χ0v) is 24.0. The molecule has 1 aliphatic heterocycles. The van der Waals surface area contributed by atoms with E-state index in [-0.39, 0.29) is 5.56 Å². The number of hydrogen-bond acceptors (Lipinski definition) is 7. The van der Waals surface area contributed by atoms with Crippen LogP contribution in [0.25, 0.3) is 10.9 Å². The fraction of sp³-hybridized carbons (Fsp3) is 0.312. The Balaban J connectivity index is 1.38. The Morgan fingerprint density at radius 3 is 2.41 bits per heavy atom. The molecular formula is C32H35N7O2. The van der Waals surface area contributed by atoms with Gasteiger partial charge >= 0.3 is 0 Å². The Labute approximate surface area is 239 Å². The highest BCUT2D eigenvalue weighted by Gasteiger charge is 2.33. The summed E-state index contributed by atoms with van der Waals surface area (Å²) in [6.45, 7) is 10.0.